The van der Waals surface area contributed by atoms with Crippen molar-refractivity contribution in [2.45, 2.75) is 6.92 Å². The molecule has 0 radical (unpaired) electrons. The lowest BCUT2D eigenvalue weighted by Gasteiger charge is -2.12. The van der Waals surface area contributed by atoms with Crippen molar-refractivity contribution in [3.63, 3.8) is 0 Å². The first-order valence-electron chi connectivity index (χ1n) is 6.35. The van der Waals surface area contributed by atoms with Gasteiger partial charge in [0, 0.05) is 22.4 Å². The van der Waals surface area contributed by atoms with Gasteiger partial charge in [-0.2, -0.15) is 0 Å². The van der Waals surface area contributed by atoms with Gasteiger partial charge in [0.05, 0.1) is 0 Å². The Morgan fingerprint density at radius 2 is 1.63 bits per heavy atom. The molecule has 94 valence electrons. The first-order valence-corrected chi connectivity index (χ1v) is 6.35. The van der Waals surface area contributed by atoms with Crippen LogP contribution in [-0.4, -0.2) is 0 Å². The van der Waals surface area contributed by atoms with Gasteiger partial charge in [0.2, 0.25) is 0 Å². The Morgan fingerprint density at radius 3 is 2.47 bits per heavy atom. The van der Waals surface area contributed by atoms with Crippen molar-refractivity contribution in [1.82, 2.24) is 0 Å². The van der Waals surface area contributed by atoms with Gasteiger partial charge in [-0.25, -0.2) is 0 Å². The first kappa shape index (κ1) is 11.6. The van der Waals surface area contributed by atoms with E-state index < -0.39 is 0 Å². The van der Waals surface area contributed by atoms with E-state index in [4.69, 9.17) is 5.73 Å². The molecule has 3 aromatic rings. The molecule has 0 heterocycles. The van der Waals surface area contributed by atoms with Gasteiger partial charge in [-0.15, -0.1) is 0 Å². The first-order chi connectivity index (χ1) is 9.24. The summed E-state index contributed by atoms with van der Waals surface area (Å²) in [6, 6.07) is 20.6. The highest BCUT2D eigenvalue weighted by atomic mass is 14.9. The molecule has 0 aliphatic heterocycles. The highest BCUT2D eigenvalue weighted by Gasteiger charge is 2.03. The average Bonchev–Trinajstić information content (AvgIpc) is 2.42. The van der Waals surface area contributed by atoms with Crippen LogP contribution in [0.25, 0.3) is 10.8 Å². The summed E-state index contributed by atoms with van der Waals surface area (Å²) in [5.74, 6) is 0. The minimum Gasteiger partial charge on any atom is -0.399 e. The van der Waals surface area contributed by atoms with Crippen LogP contribution in [0.5, 0.6) is 0 Å². The van der Waals surface area contributed by atoms with Gasteiger partial charge < -0.3 is 11.1 Å². The second-order valence-corrected chi connectivity index (χ2v) is 4.73. The molecule has 0 aliphatic carbocycles. The van der Waals surface area contributed by atoms with Gasteiger partial charge in [-0.1, -0.05) is 36.4 Å². The van der Waals surface area contributed by atoms with Gasteiger partial charge in [0.15, 0.2) is 0 Å². The zero-order valence-corrected chi connectivity index (χ0v) is 10.9. The fraction of sp³-hybridized carbons (Fsp3) is 0.0588. The van der Waals surface area contributed by atoms with E-state index in [0.29, 0.717) is 0 Å². The molecule has 2 nitrogen and oxygen atoms in total. The number of hydrogen-bond acceptors (Lipinski definition) is 2. The zero-order chi connectivity index (χ0) is 13.2. The number of aryl methyl sites for hydroxylation is 1. The monoisotopic (exact) mass is 248 g/mol. The molecule has 3 N–H and O–H groups in total. The van der Waals surface area contributed by atoms with E-state index in [0.717, 1.165) is 22.6 Å². The van der Waals surface area contributed by atoms with Crippen LogP contribution >= 0.6 is 0 Å². The van der Waals surface area contributed by atoms with Gasteiger partial charge in [0.1, 0.15) is 0 Å². The maximum atomic E-state index is 5.78. The standard InChI is InChI=1S/C17H16N2/c1-12-11-14(18)9-10-16(12)19-17-8-4-6-13-5-2-3-7-15(13)17/h2-11,19H,18H2,1H3. The molecule has 0 saturated carbocycles. The number of fused-ring (bicyclic) bond motifs is 1. The van der Waals surface area contributed by atoms with Crippen LogP contribution in [0.3, 0.4) is 0 Å². The van der Waals surface area contributed by atoms with Crippen molar-refractivity contribution in [2.75, 3.05) is 11.1 Å². The number of nitrogens with two attached hydrogens (primary N) is 1. The molecule has 0 aliphatic rings. The van der Waals surface area contributed by atoms with Crippen molar-refractivity contribution in [3.8, 4) is 0 Å². The Morgan fingerprint density at radius 1 is 0.842 bits per heavy atom. The number of anilines is 3. The van der Waals surface area contributed by atoms with Crippen molar-refractivity contribution in [2.24, 2.45) is 0 Å². The highest BCUT2D eigenvalue weighted by molar-refractivity contribution is 5.95. The lowest BCUT2D eigenvalue weighted by molar-refractivity contribution is 1.44. The second-order valence-electron chi connectivity index (χ2n) is 4.73. The molecule has 0 atom stereocenters. The quantitative estimate of drug-likeness (QED) is 0.656. The smallest absolute Gasteiger partial charge is 0.0463 e. The molecule has 3 rings (SSSR count). The molecule has 0 bridgehead atoms. The highest BCUT2D eigenvalue weighted by Crippen LogP contribution is 2.28. The minimum absolute atomic E-state index is 0.793. The Kier molecular flexibility index (Phi) is 2.84. The van der Waals surface area contributed by atoms with Crippen molar-refractivity contribution >= 4 is 27.8 Å². The predicted octanol–water partition coefficient (Wildman–Crippen LogP) is 4.47. The largest absolute Gasteiger partial charge is 0.399 e. The molecule has 0 fully saturated rings. The van der Waals surface area contributed by atoms with Crippen LogP contribution in [0, 0.1) is 6.92 Å². The number of nitrogens with one attached hydrogen (secondary N) is 1. The molecule has 0 unspecified atom stereocenters. The number of rotatable bonds is 2. The Labute approximate surface area is 112 Å². The normalized spacial score (nSPS) is 10.6. The van der Waals surface area contributed by atoms with Crippen LogP contribution in [0.1, 0.15) is 5.56 Å². The third kappa shape index (κ3) is 2.25. The summed E-state index contributed by atoms with van der Waals surface area (Å²) >= 11 is 0. The van der Waals surface area contributed by atoms with E-state index in [-0.39, 0.29) is 0 Å². The summed E-state index contributed by atoms with van der Waals surface area (Å²) < 4.78 is 0. The predicted molar refractivity (Wildman–Crippen MR) is 82.8 cm³/mol. The summed E-state index contributed by atoms with van der Waals surface area (Å²) in [5, 5.41) is 5.95. The fourth-order valence-corrected chi connectivity index (χ4v) is 2.31. The summed E-state index contributed by atoms with van der Waals surface area (Å²) in [7, 11) is 0. The topological polar surface area (TPSA) is 38.0 Å². The van der Waals surface area contributed by atoms with Gasteiger partial charge in [-0.05, 0) is 42.1 Å². The molecule has 0 aromatic heterocycles. The number of hydrogen-bond donors (Lipinski definition) is 2. The van der Waals surface area contributed by atoms with E-state index >= 15 is 0 Å². The second kappa shape index (κ2) is 4.65. The summed E-state index contributed by atoms with van der Waals surface area (Å²) in [4.78, 5) is 0. The van der Waals surface area contributed by atoms with Crippen LogP contribution in [0.4, 0.5) is 17.1 Å². The van der Waals surface area contributed by atoms with Gasteiger partial charge >= 0.3 is 0 Å². The summed E-state index contributed by atoms with van der Waals surface area (Å²) in [6.45, 7) is 2.06. The van der Waals surface area contributed by atoms with E-state index in [1.807, 2.05) is 18.2 Å². The molecule has 0 saturated heterocycles. The Hall–Kier alpha value is -2.48. The maximum absolute atomic E-state index is 5.78. The summed E-state index contributed by atoms with van der Waals surface area (Å²) in [6.07, 6.45) is 0. The molecule has 2 heteroatoms. The summed E-state index contributed by atoms with van der Waals surface area (Å²) in [5.41, 5.74) is 9.93. The average molecular weight is 248 g/mol. The molecule has 0 amide bonds. The van der Waals surface area contributed by atoms with Gasteiger partial charge in [0.25, 0.3) is 0 Å². The zero-order valence-electron chi connectivity index (χ0n) is 10.9. The van der Waals surface area contributed by atoms with Crippen LogP contribution in [0.15, 0.2) is 60.7 Å². The van der Waals surface area contributed by atoms with Gasteiger partial charge in [-0.3, -0.25) is 0 Å². The van der Waals surface area contributed by atoms with Crippen LogP contribution in [0.2, 0.25) is 0 Å². The molecular formula is C17H16N2. The third-order valence-corrected chi connectivity index (χ3v) is 3.31. The molecule has 3 aromatic carbocycles. The van der Waals surface area contributed by atoms with Crippen LogP contribution < -0.4 is 11.1 Å². The minimum atomic E-state index is 0.793. The Bertz CT molecular complexity index is 727. The fourth-order valence-electron chi connectivity index (χ4n) is 2.31. The SMILES string of the molecule is Cc1cc(N)ccc1Nc1cccc2ccccc12. The lowest BCUT2D eigenvalue weighted by atomic mass is 10.1. The maximum Gasteiger partial charge on any atom is 0.0463 e. The number of benzene rings is 3. The molecular weight excluding hydrogens is 232 g/mol. The van der Waals surface area contributed by atoms with E-state index in [9.17, 15) is 0 Å². The molecule has 19 heavy (non-hydrogen) atoms. The van der Waals surface area contributed by atoms with Crippen molar-refractivity contribution in [3.05, 3.63) is 66.2 Å². The van der Waals surface area contributed by atoms with Crippen LogP contribution in [-0.2, 0) is 0 Å². The van der Waals surface area contributed by atoms with E-state index in [1.54, 1.807) is 0 Å². The Balaban J connectivity index is 2.06. The molecule has 0 spiro atoms. The van der Waals surface area contributed by atoms with Crippen molar-refractivity contribution < 1.29 is 0 Å². The lowest BCUT2D eigenvalue weighted by Crippen LogP contribution is -1.95. The third-order valence-electron chi connectivity index (χ3n) is 3.31. The van der Waals surface area contributed by atoms with E-state index in [1.165, 1.54) is 10.8 Å². The number of nitrogen functional groups attached to an aromatic ring is 1. The van der Waals surface area contributed by atoms with Crippen molar-refractivity contribution in [1.29, 1.82) is 0 Å². The van der Waals surface area contributed by atoms with E-state index in [2.05, 4.69) is 54.7 Å².